The van der Waals surface area contributed by atoms with Gasteiger partial charge in [-0.25, -0.2) is 0 Å². The first-order chi connectivity index (χ1) is 14.5. The van der Waals surface area contributed by atoms with Gasteiger partial charge in [-0.1, -0.05) is 12.8 Å². The van der Waals surface area contributed by atoms with Gasteiger partial charge in [-0.3, -0.25) is 14.4 Å². The first-order valence-corrected chi connectivity index (χ1v) is 12.1. The van der Waals surface area contributed by atoms with Gasteiger partial charge in [-0.2, -0.15) is 0 Å². The van der Waals surface area contributed by atoms with E-state index in [0.29, 0.717) is 30.1 Å². The van der Waals surface area contributed by atoms with Gasteiger partial charge in [-0.05, 0) is 50.8 Å². The summed E-state index contributed by atoms with van der Waals surface area (Å²) in [6.07, 6.45) is 7.94. The second-order valence-electron chi connectivity index (χ2n) is 9.18. The molecule has 0 aromatic carbocycles. The van der Waals surface area contributed by atoms with Crippen LogP contribution in [0.15, 0.2) is 0 Å². The average molecular weight is 431 g/mol. The Morgan fingerprint density at radius 1 is 1.03 bits per heavy atom. The van der Waals surface area contributed by atoms with Crippen LogP contribution in [0, 0.1) is 5.92 Å². The van der Waals surface area contributed by atoms with Crippen molar-refractivity contribution >= 4 is 34.1 Å². The molecule has 0 spiro atoms. The van der Waals surface area contributed by atoms with Crippen molar-refractivity contribution in [3.05, 3.63) is 16.0 Å². The van der Waals surface area contributed by atoms with Crippen LogP contribution in [0.4, 0.5) is 5.00 Å². The molecule has 0 unspecified atom stereocenters. The number of nitrogens with one attached hydrogen (secondary N) is 1. The molecular formula is C22H30N4O3S. The van der Waals surface area contributed by atoms with E-state index in [1.54, 1.807) is 7.05 Å². The summed E-state index contributed by atoms with van der Waals surface area (Å²) >= 11 is 1.46. The topological polar surface area (TPSA) is 73.0 Å². The average Bonchev–Trinajstić information content (AvgIpc) is 3.38. The number of nitrogens with zero attached hydrogens (tertiary/aromatic N) is 3. The molecule has 1 saturated carbocycles. The Morgan fingerprint density at radius 2 is 1.77 bits per heavy atom. The SMILES string of the molecule is CN1CC(=O)Nc2sc3c(c2C1=O)CCN(C(=O)C1CCN(C2CCCC2)CC1)C3. The van der Waals surface area contributed by atoms with E-state index >= 15 is 0 Å². The number of likely N-dealkylation sites (tertiary alicyclic amines) is 1. The van der Waals surface area contributed by atoms with E-state index < -0.39 is 0 Å². The lowest BCUT2D eigenvalue weighted by atomic mass is 9.92. The van der Waals surface area contributed by atoms with Crippen LogP contribution in [0.1, 0.15) is 59.3 Å². The highest BCUT2D eigenvalue weighted by atomic mass is 32.1. The molecule has 0 bridgehead atoms. The minimum atomic E-state index is -0.162. The summed E-state index contributed by atoms with van der Waals surface area (Å²) in [5.41, 5.74) is 1.66. The van der Waals surface area contributed by atoms with Gasteiger partial charge < -0.3 is 20.0 Å². The zero-order chi connectivity index (χ0) is 20.8. The second-order valence-corrected chi connectivity index (χ2v) is 10.3. The van der Waals surface area contributed by atoms with Crippen molar-refractivity contribution in [2.24, 2.45) is 5.92 Å². The third kappa shape index (κ3) is 3.54. The summed E-state index contributed by atoms with van der Waals surface area (Å²) in [7, 11) is 1.66. The van der Waals surface area contributed by atoms with Crippen LogP contribution >= 0.6 is 11.3 Å². The van der Waals surface area contributed by atoms with Crippen molar-refractivity contribution in [3.8, 4) is 0 Å². The molecule has 4 heterocycles. The summed E-state index contributed by atoms with van der Waals surface area (Å²) in [4.78, 5) is 45.1. The molecule has 162 valence electrons. The van der Waals surface area contributed by atoms with E-state index in [2.05, 4.69) is 10.2 Å². The lowest BCUT2D eigenvalue weighted by molar-refractivity contribution is -0.138. The predicted octanol–water partition coefficient (Wildman–Crippen LogP) is 2.31. The summed E-state index contributed by atoms with van der Waals surface area (Å²) in [5.74, 6) is 0.127. The molecule has 3 aliphatic heterocycles. The van der Waals surface area contributed by atoms with E-state index in [4.69, 9.17) is 0 Å². The first kappa shape index (κ1) is 20.0. The van der Waals surface area contributed by atoms with Crippen LogP contribution in [0.2, 0.25) is 0 Å². The van der Waals surface area contributed by atoms with Gasteiger partial charge in [0, 0.05) is 30.4 Å². The number of carbonyl (C=O) groups is 3. The van der Waals surface area contributed by atoms with Crippen molar-refractivity contribution < 1.29 is 14.4 Å². The molecule has 5 rings (SSSR count). The fourth-order valence-electron chi connectivity index (χ4n) is 5.59. The maximum absolute atomic E-state index is 13.2. The molecule has 7 nitrogen and oxygen atoms in total. The number of likely N-dealkylation sites (N-methyl/N-ethyl adjacent to an activating group) is 1. The number of piperidine rings is 1. The first-order valence-electron chi connectivity index (χ1n) is 11.2. The zero-order valence-corrected chi connectivity index (χ0v) is 18.4. The van der Waals surface area contributed by atoms with E-state index in [1.165, 1.54) is 41.9 Å². The molecule has 1 aromatic rings. The number of carbonyl (C=O) groups excluding carboxylic acids is 3. The number of fused-ring (bicyclic) bond motifs is 3. The Bertz CT molecular complexity index is 868. The summed E-state index contributed by atoms with van der Waals surface area (Å²) in [6, 6.07) is 0.742. The van der Waals surface area contributed by atoms with Crippen LogP contribution in [0.5, 0.6) is 0 Å². The lowest BCUT2D eigenvalue weighted by Gasteiger charge is -2.38. The van der Waals surface area contributed by atoms with E-state index in [1.807, 2.05) is 4.90 Å². The third-order valence-corrected chi connectivity index (χ3v) is 8.41. The quantitative estimate of drug-likeness (QED) is 0.782. The highest BCUT2D eigenvalue weighted by Gasteiger charge is 2.36. The molecular weight excluding hydrogens is 400 g/mol. The number of anilines is 1. The molecule has 1 saturated heterocycles. The van der Waals surface area contributed by atoms with Crippen molar-refractivity contribution in [3.63, 3.8) is 0 Å². The van der Waals surface area contributed by atoms with Crippen molar-refractivity contribution in [1.29, 1.82) is 0 Å². The molecule has 30 heavy (non-hydrogen) atoms. The fourth-order valence-corrected chi connectivity index (χ4v) is 6.86. The maximum atomic E-state index is 13.2. The van der Waals surface area contributed by atoms with Crippen molar-refractivity contribution in [2.45, 2.75) is 57.5 Å². The number of hydrogen-bond acceptors (Lipinski definition) is 5. The normalized spacial score (nSPS) is 23.9. The van der Waals surface area contributed by atoms with Gasteiger partial charge in [0.15, 0.2) is 0 Å². The minimum absolute atomic E-state index is 0.0825. The molecule has 4 aliphatic rings. The van der Waals surface area contributed by atoms with Crippen LogP contribution in [0.3, 0.4) is 0 Å². The van der Waals surface area contributed by atoms with E-state index in [0.717, 1.165) is 42.4 Å². The van der Waals surface area contributed by atoms with Gasteiger partial charge in [0.2, 0.25) is 11.8 Å². The highest BCUT2D eigenvalue weighted by molar-refractivity contribution is 7.17. The van der Waals surface area contributed by atoms with Crippen LogP contribution < -0.4 is 5.32 Å². The molecule has 0 atom stereocenters. The maximum Gasteiger partial charge on any atom is 0.257 e. The Labute approximate surface area is 181 Å². The molecule has 2 fully saturated rings. The van der Waals surface area contributed by atoms with Gasteiger partial charge in [-0.15, -0.1) is 11.3 Å². The molecule has 8 heteroatoms. The van der Waals surface area contributed by atoms with Crippen molar-refractivity contribution in [1.82, 2.24) is 14.7 Å². The van der Waals surface area contributed by atoms with Gasteiger partial charge in [0.1, 0.15) is 5.00 Å². The fraction of sp³-hybridized carbons (Fsp3) is 0.682. The van der Waals surface area contributed by atoms with Gasteiger partial charge in [0.25, 0.3) is 5.91 Å². The van der Waals surface area contributed by atoms with E-state index in [-0.39, 0.29) is 30.2 Å². The second kappa shape index (κ2) is 7.96. The number of amides is 3. The smallest absolute Gasteiger partial charge is 0.257 e. The summed E-state index contributed by atoms with van der Waals surface area (Å²) in [5, 5.41) is 3.54. The Kier molecular flexibility index (Phi) is 5.31. The summed E-state index contributed by atoms with van der Waals surface area (Å²) < 4.78 is 0. The standard InChI is InChI=1S/C22H30N4O3S/c1-24-13-18(27)23-20-19(22(24)29)16-8-11-26(12-17(16)30-20)21(28)14-6-9-25(10-7-14)15-4-2-3-5-15/h14-15H,2-13H2,1H3,(H,23,27). The Hall–Kier alpha value is -1.93. The molecule has 1 aliphatic carbocycles. The van der Waals surface area contributed by atoms with Crippen LogP contribution in [0.25, 0.3) is 0 Å². The van der Waals surface area contributed by atoms with Gasteiger partial charge in [0.05, 0.1) is 18.7 Å². The zero-order valence-electron chi connectivity index (χ0n) is 17.6. The summed E-state index contributed by atoms with van der Waals surface area (Å²) in [6.45, 7) is 3.38. The van der Waals surface area contributed by atoms with Crippen LogP contribution in [-0.2, 0) is 22.6 Å². The third-order valence-electron chi connectivity index (χ3n) is 7.28. The van der Waals surface area contributed by atoms with Crippen LogP contribution in [-0.4, -0.2) is 71.7 Å². The molecule has 0 radical (unpaired) electrons. The number of thiophene rings is 1. The lowest BCUT2D eigenvalue weighted by Crippen LogP contribution is -2.46. The molecule has 3 amide bonds. The predicted molar refractivity (Wildman–Crippen MR) is 116 cm³/mol. The Balaban J connectivity index is 1.26. The van der Waals surface area contributed by atoms with Gasteiger partial charge >= 0.3 is 0 Å². The van der Waals surface area contributed by atoms with Crippen molar-refractivity contribution in [2.75, 3.05) is 38.5 Å². The number of hydrogen-bond donors (Lipinski definition) is 1. The molecule has 1 N–H and O–H groups in total. The Morgan fingerprint density at radius 3 is 2.50 bits per heavy atom. The van der Waals surface area contributed by atoms with E-state index in [9.17, 15) is 14.4 Å². The monoisotopic (exact) mass is 430 g/mol. The largest absolute Gasteiger partial charge is 0.337 e. The molecule has 1 aromatic heterocycles. The number of rotatable bonds is 2. The minimum Gasteiger partial charge on any atom is -0.337 e. The highest BCUT2D eigenvalue weighted by Crippen LogP contribution is 2.39.